The highest BCUT2D eigenvalue weighted by Crippen LogP contribution is 2.37. The Kier molecular flexibility index (Phi) is 14.8. The second kappa shape index (κ2) is 18.1. The van der Waals surface area contributed by atoms with Gasteiger partial charge in [-0.1, -0.05) is 117 Å². The molecule has 36 heavy (non-hydrogen) atoms. The summed E-state index contributed by atoms with van der Waals surface area (Å²) in [6.07, 6.45) is 28.1. The van der Waals surface area contributed by atoms with Gasteiger partial charge in [-0.25, -0.2) is 0 Å². The molecule has 1 aromatic rings. The van der Waals surface area contributed by atoms with Crippen LogP contribution in [0.5, 0.6) is 11.5 Å². The van der Waals surface area contributed by atoms with E-state index in [2.05, 4.69) is 38.1 Å². The molecule has 0 aliphatic heterocycles. The summed E-state index contributed by atoms with van der Waals surface area (Å²) in [5.41, 5.74) is 0. The fraction of sp³-hybridized carbons (Fsp3) is 0.824. The summed E-state index contributed by atoms with van der Waals surface area (Å²) in [6.45, 7) is 6.34. The third-order valence-electron chi connectivity index (χ3n) is 9.22. The Morgan fingerprint density at radius 1 is 0.556 bits per heavy atom. The molecule has 2 atom stereocenters. The summed E-state index contributed by atoms with van der Waals surface area (Å²) < 4.78 is 12.3. The molecular formula is C34H58O2. The van der Waals surface area contributed by atoms with E-state index >= 15 is 0 Å². The van der Waals surface area contributed by atoms with Crippen molar-refractivity contribution >= 4 is 0 Å². The summed E-state index contributed by atoms with van der Waals surface area (Å²) in [5.74, 6) is 5.62. The maximum Gasteiger partial charge on any atom is 0.119 e. The highest BCUT2D eigenvalue weighted by molar-refractivity contribution is 5.31. The SMILES string of the molecule is CCCCCCCC1CCCCC1CCCOc1ccc(OCC2CCC(CCCCC)CC2)cc1. The van der Waals surface area contributed by atoms with Crippen LogP contribution in [0, 0.1) is 23.7 Å². The highest BCUT2D eigenvalue weighted by atomic mass is 16.5. The van der Waals surface area contributed by atoms with Crippen molar-refractivity contribution < 1.29 is 9.47 Å². The third-order valence-corrected chi connectivity index (χ3v) is 9.22. The normalized spacial score (nSPS) is 24.5. The number of hydrogen-bond acceptors (Lipinski definition) is 2. The van der Waals surface area contributed by atoms with Crippen LogP contribution in [0.1, 0.15) is 142 Å². The van der Waals surface area contributed by atoms with Gasteiger partial charge in [0.1, 0.15) is 11.5 Å². The average Bonchev–Trinajstić information content (AvgIpc) is 2.92. The smallest absolute Gasteiger partial charge is 0.119 e. The third kappa shape index (κ3) is 11.5. The molecule has 2 unspecified atom stereocenters. The summed E-state index contributed by atoms with van der Waals surface area (Å²) in [7, 11) is 0. The minimum absolute atomic E-state index is 0.739. The van der Waals surface area contributed by atoms with Gasteiger partial charge in [0, 0.05) is 0 Å². The fourth-order valence-corrected chi connectivity index (χ4v) is 6.81. The van der Waals surface area contributed by atoms with Gasteiger partial charge in [-0.3, -0.25) is 0 Å². The Bertz CT molecular complexity index is 646. The first-order valence-electron chi connectivity index (χ1n) is 16.1. The number of hydrogen-bond donors (Lipinski definition) is 0. The molecule has 0 saturated heterocycles. The molecule has 0 amide bonds. The molecule has 2 nitrogen and oxygen atoms in total. The first-order chi connectivity index (χ1) is 17.8. The van der Waals surface area contributed by atoms with Crippen LogP contribution in [0.3, 0.4) is 0 Å². The van der Waals surface area contributed by atoms with Gasteiger partial charge in [-0.15, -0.1) is 0 Å². The summed E-state index contributed by atoms with van der Waals surface area (Å²) >= 11 is 0. The maximum atomic E-state index is 6.15. The zero-order valence-corrected chi connectivity index (χ0v) is 24.0. The number of ether oxygens (including phenoxy) is 2. The van der Waals surface area contributed by atoms with E-state index in [0.717, 1.165) is 48.4 Å². The van der Waals surface area contributed by atoms with Crippen molar-refractivity contribution in [3.63, 3.8) is 0 Å². The van der Waals surface area contributed by atoms with Gasteiger partial charge >= 0.3 is 0 Å². The van der Waals surface area contributed by atoms with Crippen LogP contribution < -0.4 is 9.47 Å². The van der Waals surface area contributed by atoms with E-state index in [0.29, 0.717) is 0 Å². The molecule has 0 spiro atoms. The first-order valence-corrected chi connectivity index (χ1v) is 16.1. The van der Waals surface area contributed by atoms with Gasteiger partial charge in [0.15, 0.2) is 0 Å². The molecule has 2 aliphatic rings. The molecule has 2 aliphatic carbocycles. The second-order valence-corrected chi connectivity index (χ2v) is 12.2. The van der Waals surface area contributed by atoms with E-state index in [1.54, 1.807) is 0 Å². The van der Waals surface area contributed by atoms with Crippen LogP contribution in [0.25, 0.3) is 0 Å². The lowest BCUT2D eigenvalue weighted by molar-refractivity contribution is 0.177. The summed E-state index contributed by atoms with van der Waals surface area (Å²) in [4.78, 5) is 0. The molecule has 0 radical (unpaired) electrons. The molecule has 2 saturated carbocycles. The monoisotopic (exact) mass is 498 g/mol. The lowest BCUT2D eigenvalue weighted by Crippen LogP contribution is -2.20. The van der Waals surface area contributed by atoms with Crippen LogP contribution in [0.2, 0.25) is 0 Å². The molecule has 3 rings (SSSR count). The Labute approximate surface area is 224 Å². The Morgan fingerprint density at radius 3 is 1.75 bits per heavy atom. The van der Waals surface area contributed by atoms with Crippen LogP contribution in [-0.2, 0) is 0 Å². The van der Waals surface area contributed by atoms with E-state index < -0.39 is 0 Å². The molecular weight excluding hydrogens is 440 g/mol. The zero-order chi connectivity index (χ0) is 25.3. The summed E-state index contributed by atoms with van der Waals surface area (Å²) in [5, 5.41) is 0. The van der Waals surface area contributed by atoms with Crippen molar-refractivity contribution in [3.05, 3.63) is 24.3 Å². The van der Waals surface area contributed by atoms with Gasteiger partial charge in [0.2, 0.25) is 0 Å². The Morgan fingerprint density at radius 2 is 1.08 bits per heavy atom. The topological polar surface area (TPSA) is 18.5 Å². The van der Waals surface area contributed by atoms with Crippen LogP contribution in [-0.4, -0.2) is 13.2 Å². The standard InChI is InChI=1S/C34H58O2/c1-3-5-7-8-10-15-31-16-11-12-17-32(31)18-13-27-35-33-23-25-34(26-24-33)36-28-30-21-19-29(20-22-30)14-9-6-4-2/h23-26,29-32H,3-22,27-28H2,1-2H3. The number of rotatable bonds is 18. The lowest BCUT2D eigenvalue weighted by Gasteiger charge is -2.32. The molecule has 2 fully saturated rings. The second-order valence-electron chi connectivity index (χ2n) is 12.2. The minimum Gasteiger partial charge on any atom is -0.494 e. The van der Waals surface area contributed by atoms with Crippen LogP contribution >= 0.6 is 0 Å². The molecule has 1 aromatic carbocycles. The molecule has 0 bridgehead atoms. The predicted octanol–water partition coefficient (Wildman–Crippen LogP) is 10.8. The quantitative estimate of drug-likeness (QED) is 0.187. The lowest BCUT2D eigenvalue weighted by atomic mass is 9.74. The zero-order valence-electron chi connectivity index (χ0n) is 24.0. The van der Waals surface area contributed by atoms with E-state index in [-0.39, 0.29) is 0 Å². The van der Waals surface area contributed by atoms with E-state index in [9.17, 15) is 0 Å². The predicted molar refractivity (Wildman–Crippen MR) is 155 cm³/mol. The molecule has 0 aromatic heterocycles. The van der Waals surface area contributed by atoms with Gasteiger partial charge in [0.05, 0.1) is 13.2 Å². The average molecular weight is 499 g/mol. The van der Waals surface area contributed by atoms with Crippen molar-refractivity contribution in [3.8, 4) is 11.5 Å². The molecule has 2 heteroatoms. The van der Waals surface area contributed by atoms with Gasteiger partial charge in [-0.2, -0.15) is 0 Å². The molecule has 206 valence electrons. The minimum atomic E-state index is 0.739. The van der Waals surface area contributed by atoms with E-state index in [4.69, 9.17) is 9.47 Å². The first kappa shape index (κ1) is 29.4. The molecule has 0 N–H and O–H groups in total. The largest absolute Gasteiger partial charge is 0.494 e. The van der Waals surface area contributed by atoms with Crippen molar-refractivity contribution in [2.75, 3.05) is 13.2 Å². The van der Waals surface area contributed by atoms with Crippen LogP contribution in [0.15, 0.2) is 24.3 Å². The van der Waals surface area contributed by atoms with Crippen molar-refractivity contribution in [2.45, 2.75) is 142 Å². The van der Waals surface area contributed by atoms with E-state index in [1.807, 2.05) is 0 Å². The van der Waals surface area contributed by atoms with Gasteiger partial charge < -0.3 is 9.47 Å². The van der Waals surface area contributed by atoms with Gasteiger partial charge in [-0.05, 0) is 73.6 Å². The molecule has 0 heterocycles. The fourth-order valence-electron chi connectivity index (χ4n) is 6.81. The van der Waals surface area contributed by atoms with Crippen molar-refractivity contribution in [1.29, 1.82) is 0 Å². The number of unbranched alkanes of at least 4 members (excludes halogenated alkanes) is 6. The van der Waals surface area contributed by atoms with Crippen molar-refractivity contribution in [1.82, 2.24) is 0 Å². The number of benzene rings is 1. The van der Waals surface area contributed by atoms with Crippen molar-refractivity contribution in [2.24, 2.45) is 23.7 Å². The summed E-state index contributed by atoms with van der Waals surface area (Å²) in [6, 6.07) is 8.39. The Hall–Kier alpha value is -1.18. The Balaban J connectivity index is 1.26. The highest BCUT2D eigenvalue weighted by Gasteiger charge is 2.24. The maximum absolute atomic E-state index is 6.15. The van der Waals surface area contributed by atoms with Gasteiger partial charge in [0.25, 0.3) is 0 Å². The van der Waals surface area contributed by atoms with Crippen LogP contribution in [0.4, 0.5) is 0 Å². The van der Waals surface area contributed by atoms with E-state index in [1.165, 1.54) is 128 Å².